The van der Waals surface area contributed by atoms with Gasteiger partial charge in [-0.25, -0.2) is 0 Å². The maximum absolute atomic E-state index is 12.7. The predicted octanol–water partition coefficient (Wildman–Crippen LogP) is 3.85. The van der Waals surface area contributed by atoms with E-state index in [1.807, 2.05) is 18.2 Å². The summed E-state index contributed by atoms with van der Waals surface area (Å²) >= 11 is 6.08. The number of aromatic nitrogens is 2. The summed E-state index contributed by atoms with van der Waals surface area (Å²) in [7, 11) is 0. The largest absolute Gasteiger partial charge is 0.356 e. The van der Waals surface area contributed by atoms with Gasteiger partial charge in [0.05, 0.1) is 11.6 Å². The number of hydrogen-bond acceptors (Lipinski definition) is 4. The molecule has 2 aromatic carbocycles. The van der Waals surface area contributed by atoms with Crippen molar-refractivity contribution in [3.63, 3.8) is 0 Å². The first kappa shape index (κ1) is 22.1. The van der Waals surface area contributed by atoms with Crippen molar-refractivity contribution < 1.29 is 4.79 Å². The van der Waals surface area contributed by atoms with Crippen LogP contribution in [0.15, 0.2) is 71.5 Å². The summed E-state index contributed by atoms with van der Waals surface area (Å²) in [6.45, 7) is 2.06. The second-order valence-electron chi connectivity index (χ2n) is 8.09. The fourth-order valence-corrected chi connectivity index (χ4v) is 4.24. The molecule has 32 heavy (non-hydrogen) atoms. The second-order valence-corrected chi connectivity index (χ2v) is 8.52. The lowest BCUT2D eigenvalue weighted by Gasteiger charge is -2.33. The zero-order chi connectivity index (χ0) is 22.3. The number of amides is 1. The van der Waals surface area contributed by atoms with Crippen molar-refractivity contribution in [2.75, 3.05) is 24.5 Å². The molecule has 2 heterocycles. The molecular weight excluding hydrogens is 424 g/mol. The first-order valence-electron chi connectivity index (χ1n) is 11.0. The standard InChI is InChI=1S/C25H27ClN4O2/c26-21-11-4-12-22(17-21)30-24(31)14-13-23(28-30)29-16-6-10-20(18-29)25(32)27-15-5-9-19-7-2-1-3-8-19/h1-4,7-8,11-14,17,20H,5-6,9-10,15-16,18H2,(H,27,32)/t20-/m1/s1. The van der Waals surface area contributed by atoms with E-state index in [4.69, 9.17) is 11.6 Å². The summed E-state index contributed by atoms with van der Waals surface area (Å²) in [5.74, 6) is 0.686. The molecule has 1 aliphatic rings. The van der Waals surface area contributed by atoms with Crippen LogP contribution in [0.5, 0.6) is 0 Å². The number of halogens is 1. The SMILES string of the molecule is O=C(NCCCc1ccccc1)[C@@H]1CCCN(c2ccc(=O)n(-c3cccc(Cl)c3)n2)C1. The minimum Gasteiger partial charge on any atom is -0.356 e. The van der Waals surface area contributed by atoms with E-state index in [0.29, 0.717) is 29.6 Å². The van der Waals surface area contributed by atoms with Crippen LogP contribution >= 0.6 is 11.6 Å². The van der Waals surface area contributed by atoms with Crippen LogP contribution in [-0.4, -0.2) is 35.3 Å². The molecule has 1 saturated heterocycles. The molecule has 166 valence electrons. The number of rotatable bonds is 7. The molecule has 1 atom stereocenters. The summed E-state index contributed by atoms with van der Waals surface area (Å²) in [6, 6.07) is 20.6. The Hall–Kier alpha value is -3.12. The number of nitrogens with one attached hydrogen (secondary N) is 1. The highest BCUT2D eigenvalue weighted by Crippen LogP contribution is 2.22. The summed E-state index contributed by atoms with van der Waals surface area (Å²) in [5.41, 5.74) is 1.68. The van der Waals surface area contributed by atoms with Gasteiger partial charge in [-0.2, -0.15) is 4.68 Å². The van der Waals surface area contributed by atoms with Crippen LogP contribution in [-0.2, 0) is 11.2 Å². The number of hydrogen-bond donors (Lipinski definition) is 1. The Bertz CT molecular complexity index is 1120. The normalized spacial score (nSPS) is 16.0. The maximum Gasteiger partial charge on any atom is 0.271 e. The highest BCUT2D eigenvalue weighted by atomic mass is 35.5. The van der Waals surface area contributed by atoms with Crippen LogP contribution in [0.3, 0.4) is 0 Å². The van der Waals surface area contributed by atoms with Crippen LogP contribution < -0.4 is 15.8 Å². The zero-order valence-corrected chi connectivity index (χ0v) is 18.7. The van der Waals surface area contributed by atoms with E-state index >= 15 is 0 Å². The molecule has 0 unspecified atom stereocenters. The smallest absolute Gasteiger partial charge is 0.271 e. The average Bonchev–Trinajstić information content (AvgIpc) is 2.83. The molecule has 0 bridgehead atoms. The van der Waals surface area contributed by atoms with Crippen molar-refractivity contribution >= 4 is 23.3 Å². The third-order valence-electron chi connectivity index (χ3n) is 5.74. The number of anilines is 1. The Morgan fingerprint density at radius 3 is 2.75 bits per heavy atom. The van der Waals surface area contributed by atoms with E-state index in [-0.39, 0.29) is 17.4 Å². The Morgan fingerprint density at radius 2 is 1.94 bits per heavy atom. The molecular formula is C25H27ClN4O2. The van der Waals surface area contributed by atoms with Crippen molar-refractivity contribution in [3.05, 3.63) is 87.7 Å². The van der Waals surface area contributed by atoms with Gasteiger partial charge in [0.25, 0.3) is 5.56 Å². The summed E-state index contributed by atoms with van der Waals surface area (Å²) in [6.07, 6.45) is 3.63. The third kappa shape index (κ3) is 5.56. The Kier molecular flexibility index (Phi) is 7.22. The fraction of sp³-hybridized carbons (Fsp3) is 0.320. The van der Waals surface area contributed by atoms with Gasteiger partial charge in [-0.05, 0) is 55.5 Å². The molecule has 1 fully saturated rings. The quantitative estimate of drug-likeness (QED) is 0.555. The van der Waals surface area contributed by atoms with Crippen LogP contribution in [0.2, 0.25) is 5.02 Å². The van der Waals surface area contributed by atoms with E-state index in [0.717, 1.165) is 32.2 Å². The summed E-state index contributed by atoms with van der Waals surface area (Å²) in [4.78, 5) is 27.2. The molecule has 0 saturated carbocycles. The molecule has 1 N–H and O–H groups in total. The lowest BCUT2D eigenvalue weighted by molar-refractivity contribution is -0.125. The lowest BCUT2D eigenvalue weighted by Crippen LogP contribution is -2.44. The summed E-state index contributed by atoms with van der Waals surface area (Å²) in [5, 5.41) is 8.19. The van der Waals surface area contributed by atoms with Gasteiger partial charge in [-0.15, -0.1) is 5.10 Å². The number of carbonyl (C=O) groups is 1. The van der Waals surface area contributed by atoms with Crippen molar-refractivity contribution in [2.24, 2.45) is 5.92 Å². The average molecular weight is 451 g/mol. The van der Waals surface area contributed by atoms with Gasteiger partial charge in [0, 0.05) is 30.7 Å². The fourth-order valence-electron chi connectivity index (χ4n) is 4.06. The zero-order valence-electron chi connectivity index (χ0n) is 17.9. The van der Waals surface area contributed by atoms with E-state index in [2.05, 4.69) is 27.4 Å². The van der Waals surface area contributed by atoms with E-state index < -0.39 is 0 Å². The van der Waals surface area contributed by atoms with Crippen molar-refractivity contribution in [1.82, 2.24) is 15.1 Å². The van der Waals surface area contributed by atoms with Crippen LogP contribution in [0, 0.1) is 5.92 Å². The monoisotopic (exact) mass is 450 g/mol. The summed E-state index contributed by atoms with van der Waals surface area (Å²) < 4.78 is 1.36. The molecule has 4 rings (SSSR count). The third-order valence-corrected chi connectivity index (χ3v) is 5.97. The minimum absolute atomic E-state index is 0.0888. The van der Waals surface area contributed by atoms with Crippen LogP contribution in [0.1, 0.15) is 24.8 Å². The molecule has 6 nitrogen and oxygen atoms in total. The van der Waals surface area contributed by atoms with Crippen LogP contribution in [0.25, 0.3) is 5.69 Å². The number of carbonyl (C=O) groups excluding carboxylic acids is 1. The van der Waals surface area contributed by atoms with Gasteiger partial charge in [0.2, 0.25) is 5.91 Å². The highest BCUT2D eigenvalue weighted by Gasteiger charge is 2.26. The van der Waals surface area contributed by atoms with E-state index in [9.17, 15) is 9.59 Å². The molecule has 0 radical (unpaired) electrons. The molecule has 7 heteroatoms. The molecule has 3 aromatic rings. The number of aryl methyl sites for hydroxylation is 1. The van der Waals surface area contributed by atoms with Gasteiger partial charge in [0.1, 0.15) is 5.82 Å². The minimum atomic E-state index is -0.222. The lowest BCUT2D eigenvalue weighted by atomic mass is 9.97. The van der Waals surface area contributed by atoms with E-state index in [1.165, 1.54) is 16.3 Å². The number of piperidine rings is 1. The molecule has 1 aliphatic heterocycles. The Labute approximate surface area is 192 Å². The molecule has 1 amide bonds. The van der Waals surface area contributed by atoms with Crippen molar-refractivity contribution in [2.45, 2.75) is 25.7 Å². The molecule has 1 aromatic heterocycles. The van der Waals surface area contributed by atoms with Gasteiger partial charge in [0.15, 0.2) is 0 Å². The van der Waals surface area contributed by atoms with Gasteiger partial charge in [-0.3, -0.25) is 9.59 Å². The topological polar surface area (TPSA) is 67.2 Å². The maximum atomic E-state index is 12.7. The first-order chi connectivity index (χ1) is 15.6. The van der Waals surface area contributed by atoms with E-state index in [1.54, 1.807) is 30.3 Å². The van der Waals surface area contributed by atoms with Crippen molar-refractivity contribution in [3.8, 4) is 5.69 Å². The number of benzene rings is 2. The Morgan fingerprint density at radius 1 is 1.09 bits per heavy atom. The second kappa shape index (κ2) is 10.5. The Balaban J connectivity index is 1.37. The molecule has 0 aliphatic carbocycles. The molecule has 0 spiro atoms. The van der Waals surface area contributed by atoms with Crippen molar-refractivity contribution in [1.29, 1.82) is 0 Å². The van der Waals surface area contributed by atoms with Gasteiger partial charge < -0.3 is 10.2 Å². The highest BCUT2D eigenvalue weighted by molar-refractivity contribution is 6.30. The predicted molar refractivity (Wildman–Crippen MR) is 128 cm³/mol. The van der Waals surface area contributed by atoms with Crippen LogP contribution in [0.4, 0.5) is 5.82 Å². The van der Waals surface area contributed by atoms with Gasteiger partial charge in [-0.1, -0.05) is 48.0 Å². The first-order valence-corrected chi connectivity index (χ1v) is 11.4. The van der Waals surface area contributed by atoms with Gasteiger partial charge >= 0.3 is 0 Å². The number of nitrogens with zero attached hydrogens (tertiary/aromatic N) is 3.